The highest BCUT2D eigenvalue weighted by Gasteiger charge is 2.29. The lowest BCUT2D eigenvalue weighted by atomic mass is 10.0. The lowest BCUT2D eigenvalue weighted by Gasteiger charge is -2.26. The van der Waals surface area contributed by atoms with Crippen LogP contribution in [0.2, 0.25) is 0 Å². The highest BCUT2D eigenvalue weighted by molar-refractivity contribution is 7.99. The molecule has 0 bridgehead atoms. The Bertz CT molecular complexity index is 2460. The van der Waals surface area contributed by atoms with Gasteiger partial charge in [-0.25, -0.2) is 9.59 Å². The van der Waals surface area contributed by atoms with E-state index in [1.165, 1.54) is 327 Å². The molecule has 0 aromatic rings. The van der Waals surface area contributed by atoms with Crippen LogP contribution in [0.5, 0.6) is 0 Å². The number of rotatable bonds is 87. The minimum Gasteiger partial charge on any atom is -0.469 e. The smallest absolute Gasteiger partial charge is 0.330 e. The number of methoxy groups -OCH3 is 2. The molecule has 4 N–H and O–H groups in total. The van der Waals surface area contributed by atoms with Crippen molar-refractivity contribution in [1.82, 2.24) is 20.7 Å². The zero-order valence-electron chi connectivity index (χ0n) is 84.9. The number of esters is 6. The summed E-state index contributed by atoms with van der Waals surface area (Å²) in [7, 11) is 2.62. The van der Waals surface area contributed by atoms with Crippen LogP contribution in [0.3, 0.4) is 0 Å². The number of hydrogen-bond acceptors (Lipinski definition) is 25. The SMILES string of the molecule is C=CC(=O)OC(CSC)C(CSC)OC(=O)C=C.CCCCCCCCCCCCCCCCCCNC(=O)CCC(=O)CC.CCCCCCCCCCCCCCCCCCNC(=O)CCC(=O)CC.CCCCCCCCCCCCCCCCCCNC(=O)CCC(=O)OC.COC(=O)CCC(=O)NS.CSCCC(=O)OC(CSC)C(CSC)OC(=O)CCSC. The number of hydrogen-bond donors (Lipinski definition) is 5. The maximum Gasteiger partial charge on any atom is 0.330 e. The fourth-order valence-corrected chi connectivity index (χ4v) is 16.6. The van der Waals surface area contributed by atoms with E-state index in [0.717, 1.165) is 62.6 Å². The number of ether oxygens (including phenoxy) is 6. The molecule has 29 heteroatoms. The topological polar surface area (TPSA) is 308 Å². The molecule has 131 heavy (non-hydrogen) atoms. The molecule has 4 unspecified atom stereocenters. The van der Waals surface area contributed by atoms with Gasteiger partial charge in [0.15, 0.2) is 0 Å². The van der Waals surface area contributed by atoms with Gasteiger partial charge in [0.25, 0.3) is 0 Å². The number of unbranched alkanes of at least 4 members (excludes halogenated alkanes) is 45. The standard InChI is InChI=1S/2C24H47NO2.C23H45NO3.C14H26O4S4.C12H18O4S2.C5H9NO3S/c2*1-3-5-6-7-8-9-10-11-12-13-14-15-16-17-18-19-22-25-24(27)21-20-23(26)4-2;1-3-4-5-6-7-8-9-10-11-12-13-14-15-16-17-18-21-24-22(25)19-20-23(26)27-2;1-19-7-5-13(15)17-11(9-21-3)12(10-22-4)18-14(16)6-8-20-2;1-5-11(13)15-9(7-17-3)10(8-18-4)16-12(14)6-2;1-9-5(8)3-2-4(7)6-10/h2*3-22H2,1-2H3,(H,25,27);3-21H2,1-2H3,(H,24,25);11-12H,5-10H2,1-4H3;5-6,9-10H,1-2,7-8H2,3-4H3;10H,2-3H2,1H3,(H,6,7). The second-order valence-corrected chi connectivity index (χ2v) is 39.0. The summed E-state index contributed by atoms with van der Waals surface area (Å²) < 4.78 is 32.4. The van der Waals surface area contributed by atoms with Gasteiger partial charge in [0, 0.05) is 118 Å². The van der Waals surface area contributed by atoms with E-state index in [1.807, 2.05) is 51.4 Å². The molecular formula is C102H192N4O18S7. The van der Waals surface area contributed by atoms with Gasteiger partial charge in [-0.3, -0.25) is 47.9 Å². The van der Waals surface area contributed by atoms with E-state index in [0.29, 0.717) is 74.4 Å². The van der Waals surface area contributed by atoms with Gasteiger partial charge in [-0.05, 0) is 56.8 Å². The molecule has 0 fully saturated rings. The first-order valence-electron chi connectivity index (χ1n) is 50.4. The molecule has 0 spiro atoms. The van der Waals surface area contributed by atoms with E-state index < -0.39 is 30.1 Å². The molecule has 0 aliphatic heterocycles. The van der Waals surface area contributed by atoms with Crippen molar-refractivity contribution in [2.45, 2.75) is 444 Å². The quantitative estimate of drug-likeness (QED) is 0.0124. The Labute approximate surface area is 830 Å². The zero-order chi connectivity index (χ0) is 98.8. The molecule has 0 rings (SSSR count). The van der Waals surface area contributed by atoms with Gasteiger partial charge >= 0.3 is 35.8 Å². The van der Waals surface area contributed by atoms with Crippen LogP contribution in [-0.4, -0.2) is 201 Å². The molecule has 4 atom stereocenters. The molecule has 0 saturated heterocycles. The average molecular weight is 1990 g/mol. The van der Waals surface area contributed by atoms with Crippen molar-refractivity contribution in [3.05, 3.63) is 25.3 Å². The minimum absolute atomic E-state index is 0.0257. The Morgan fingerprint density at radius 3 is 0.664 bits per heavy atom. The number of amides is 4. The summed E-state index contributed by atoms with van der Waals surface area (Å²) in [5.41, 5.74) is 0. The molecule has 0 aromatic carbocycles. The van der Waals surface area contributed by atoms with Gasteiger partial charge in [-0.15, -0.1) is 0 Å². The van der Waals surface area contributed by atoms with Crippen LogP contribution in [0.4, 0.5) is 0 Å². The molecule has 770 valence electrons. The zero-order valence-corrected chi connectivity index (χ0v) is 90.7. The predicted molar refractivity (Wildman–Crippen MR) is 566 cm³/mol. The number of carbonyl (C=O) groups excluding carboxylic acids is 12. The molecule has 0 aromatic heterocycles. The lowest BCUT2D eigenvalue weighted by Crippen LogP contribution is -2.39. The van der Waals surface area contributed by atoms with Crippen molar-refractivity contribution >= 4 is 154 Å². The molecule has 22 nitrogen and oxygen atoms in total. The van der Waals surface area contributed by atoms with Gasteiger partial charge in [0.2, 0.25) is 23.6 Å². The fraction of sp³-hybridized carbons (Fsp3) is 0.843. The van der Waals surface area contributed by atoms with Gasteiger partial charge in [-0.2, -0.15) is 70.6 Å². The largest absolute Gasteiger partial charge is 0.469 e. The minimum atomic E-state index is -0.519. The lowest BCUT2D eigenvalue weighted by molar-refractivity contribution is -0.164. The van der Waals surface area contributed by atoms with E-state index in [1.54, 1.807) is 47.0 Å². The molecule has 0 aliphatic carbocycles. The summed E-state index contributed by atoms with van der Waals surface area (Å²) in [6.45, 7) is 19.5. The van der Waals surface area contributed by atoms with Crippen molar-refractivity contribution in [2.75, 3.05) is 106 Å². The number of nitrogens with one attached hydrogen (secondary N) is 4. The van der Waals surface area contributed by atoms with Gasteiger partial charge < -0.3 is 49.1 Å². The van der Waals surface area contributed by atoms with Crippen LogP contribution in [0.25, 0.3) is 0 Å². The summed E-state index contributed by atoms with van der Waals surface area (Å²) in [5, 5.41) is 8.71. The van der Waals surface area contributed by atoms with E-state index in [2.05, 4.69) is 76.9 Å². The Kier molecular flexibility index (Phi) is 121. The third-order valence-electron chi connectivity index (χ3n) is 21.4. The van der Waals surface area contributed by atoms with Crippen molar-refractivity contribution in [1.29, 1.82) is 0 Å². The third kappa shape index (κ3) is 113. The second-order valence-electron chi connectivity index (χ2n) is 33.2. The first kappa shape index (κ1) is 138. The first-order valence-corrected chi connectivity index (χ1v) is 59.2. The van der Waals surface area contributed by atoms with Crippen LogP contribution in [0.1, 0.15) is 420 Å². The molecule has 0 aliphatic rings. The van der Waals surface area contributed by atoms with Crippen LogP contribution in [-0.2, 0) is 86.0 Å². The van der Waals surface area contributed by atoms with Crippen molar-refractivity contribution < 1.29 is 86.0 Å². The number of thiol groups is 1. The summed E-state index contributed by atoms with van der Waals surface area (Å²) >= 11 is 12.9. The first-order chi connectivity index (χ1) is 63.5. The summed E-state index contributed by atoms with van der Waals surface area (Å²) in [6, 6.07) is 0. The Morgan fingerprint density at radius 1 is 0.267 bits per heavy atom. The number of ketones is 2. The monoisotopic (exact) mass is 1990 g/mol. The van der Waals surface area contributed by atoms with Gasteiger partial charge in [0.1, 0.15) is 36.0 Å². The van der Waals surface area contributed by atoms with Crippen LogP contribution < -0.4 is 20.7 Å². The van der Waals surface area contributed by atoms with E-state index >= 15 is 0 Å². The number of Topliss-reactive ketones (excluding diaryl/α,β-unsaturated/α-hetero) is 2. The Morgan fingerprint density at radius 2 is 0.473 bits per heavy atom. The van der Waals surface area contributed by atoms with Crippen molar-refractivity contribution in [3.63, 3.8) is 0 Å². The van der Waals surface area contributed by atoms with Crippen LogP contribution in [0.15, 0.2) is 25.3 Å². The third-order valence-corrected chi connectivity index (χ3v) is 25.5. The molecule has 0 radical (unpaired) electrons. The summed E-state index contributed by atoms with van der Waals surface area (Å²) in [4.78, 5) is 135. The highest BCUT2D eigenvalue weighted by Crippen LogP contribution is 2.22. The van der Waals surface area contributed by atoms with E-state index in [9.17, 15) is 57.5 Å². The molecular weight excluding hydrogens is 1790 g/mol. The van der Waals surface area contributed by atoms with Crippen molar-refractivity contribution in [2.24, 2.45) is 0 Å². The summed E-state index contributed by atoms with van der Waals surface area (Å²) in [5.74, 6) is 1.71. The molecule has 4 amide bonds. The van der Waals surface area contributed by atoms with E-state index in [-0.39, 0.29) is 91.0 Å². The van der Waals surface area contributed by atoms with Gasteiger partial charge in [-0.1, -0.05) is 350 Å². The summed E-state index contributed by atoms with van der Waals surface area (Å²) in [6.07, 6.45) is 81.3. The predicted octanol–water partition coefficient (Wildman–Crippen LogP) is 25.4. The van der Waals surface area contributed by atoms with Crippen LogP contribution in [0, 0.1) is 0 Å². The second kappa shape index (κ2) is 115. The van der Waals surface area contributed by atoms with Crippen LogP contribution >= 0.6 is 83.4 Å². The highest BCUT2D eigenvalue weighted by atomic mass is 32.2. The molecule has 0 heterocycles. The number of thioether (sulfide) groups is 6. The van der Waals surface area contributed by atoms with E-state index in [4.69, 9.17) is 18.9 Å². The molecule has 0 saturated carbocycles. The maximum atomic E-state index is 11.9. The Balaban J connectivity index is -0.000000365. The maximum absolute atomic E-state index is 11.9. The normalized spacial score (nSPS) is 11.4. The fourth-order valence-electron chi connectivity index (χ4n) is 13.3. The number of carbonyl (C=O) groups is 12. The van der Waals surface area contributed by atoms with Gasteiger partial charge in [0.05, 0.1) is 39.9 Å². The van der Waals surface area contributed by atoms with Crippen molar-refractivity contribution in [3.8, 4) is 0 Å². The Hall–Kier alpha value is -4.03. The average Bonchev–Trinajstić information content (AvgIpc) is 0.914.